The Morgan fingerprint density at radius 1 is 1.30 bits per heavy atom. The van der Waals surface area contributed by atoms with Gasteiger partial charge in [-0.2, -0.15) is 0 Å². The van der Waals surface area contributed by atoms with Crippen LogP contribution in [-0.2, 0) is 0 Å². The number of rotatable bonds is 3. The second-order valence-corrected chi connectivity index (χ2v) is 4.99. The van der Waals surface area contributed by atoms with E-state index in [9.17, 15) is 9.90 Å². The normalized spacial score (nSPS) is 10.1. The summed E-state index contributed by atoms with van der Waals surface area (Å²) in [5.41, 5.74) is 6.84. The van der Waals surface area contributed by atoms with Gasteiger partial charge in [-0.15, -0.1) is 0 Å². The SMILES string of the molecule is COc1cc(N)ccc1NC(=O)c1ccc(Br)cc1O. The van der Waals surface area contributed by atoms with Crippen molar-refractivity contribution < 1.29 is 14.6 Å². The average Bonchev–Trinajstić information content (AvgIpc) is 2.40. The Labute approximate surface area is 124 Å². The Balaban J connectivity index is 2.28. The number of hydrogen-bond donors (Lipinski definition) is 3. The van der Waals surface area contributed by atoms with Crippen LogP contribution in [0.3, 0.4) is 0 Å². The predicted molar refractivity (Wildman–Crippen MR) is 81.2 cm³/mol. The van der Waals surface area contributed by atoms with E-state index in [1.54, 1.807) is 24.3 Å². The molecule has 2 aromatic rings. The standard InChI is InChI=1S/C14H13BrN2O3/c1-20-13-7-9(16)3-5-11(13)17-14(19)10-4-2-8(15)6-12(10)18/h2-7,18H,16H2,1H3,(H,17,19). The molecule has 0 aliphatic heterocycles. The van der Waals surface area contributed by atoms with E-state index in [1.165, 1.54) is 19.2 Å². The zero-order valence-electron chi connectivity index (χ0n) is 10.7. The predicted octanol–water partition coefficient (Wildman–Crippen LogP) is 3.00. The largest absolute Gasteiger partial charge is 0.507 e. The molecule has 0 heterocycles. The van der Waals surface area contributed by atoms with Crippen molar-refractivity contribution in [3.05, 3.63) is 46.4 Å². The lowest BCUT2D eigenvalue weighted by molar-refractivity contribution is 0.102. The fourth-order valence-corrected chi connectivity index (χ4v) is 2.05. The van der Waals surface area contributed by atoms with Crippen molar-refractivity contribution in [2.24, 2.45) is 0 Å². The van der Waals surface area contributed by atoms with Crippen LogP contribution in [0.25, 0.3) is 0 Å². The van der Waals surface area contributed by atoms with Crippen molar-refractivity contribution in [2.75, 3.05) is 18.2 Å². The number of nitrogens with one attached hydrogen (secondary N) is 1. The first-order chi connectivity index (χ1) is 9.51. The lowest BCUT2D eigenvalue weighted by Gasteiger charge is -2.11. The Bertz CT molecular complexity index is 659. The van der Waals surface area contributed by atoms with Gasteiger partial charge in [0.2, 0.25) is 0 Å². The third-order valence-electron chi connectivity index (χ3n) is 2.68. The number of phenols is 1. The summed E-state index contributed by atoms with van der Waals surface area (Å²) in [6, 6.07) is 9.56. The minimum absolute atomic E-state index is 0.105. The molecule has 0 aliphatic rings. The van der Waals surface area contributed by atoms with Crippen LogP contribution in [0.5, 0.6) is 11.5 Å². The number of halogens is 1. The number of hydrogen-bond acceptors (Lipinski definition) is 4. The fraction of sp³-hybridized carbons (Fsp3) is 0.0714. The highest BCUT2D eigenvalue weighted by Crippen LogP contribution is 2.28. The van der Waals surface area contributed by atoms with Gasteiger partial charge in [-0.3, -0.25) is 4.79 Å². The van der Waals surface area contributed by atoms with Gasteiger partial charge in [-0.1, -0.05) is 15.9 Å². The Morgan fingerprint density at radius 3 is 2.70 bits per heavy atom. The van der Waals surface area contributed by atoms with Crippen LogP contribution in [0.4, 0.5) is 11.4 Å². The van der Waals surface area contributed by atoms with E-state index in [0.717, 1.165) is 0 Å². The van der Waals surface area contributed by atoms with Crippen LogP contribution in [0.1, 0.15) is 10.4 Å². The van der Waals surface area contributed by atoms with Crippen LogP contribution in [-0.4, -0.2) is 18.1 Å². The van der Waals surface area contributed by atoms with Gasteiger partial charge in [0.15, 0.2) is 0 Å². The van der Waals surface area contributed by atoms with Gasteiger partial charge in [0.25, 0.3) is 5.91 Å². The fourth-order valence-electron chi connectivity index (χ4n) is 1.70. The number of benzene rings is 2. The molecule has 6 heteroatoms. The molecule has 0 spiro atoms. The van der Waals surface area contributed by atoms with Gasteiger partial charge < -0.3 is 20.9 Å². The topological polar surface area (TPSA) is 84.6 Å². The summed E-state index contributed by atoms with van der Waals surface area (Å²) in [6.45, 7) is 0. The molecule has 0 aliphatic carbocycles. The van der Waals surface area contributed by atoms with Gasteiger partial charge in [0, 0.05) is 16.2 Å². The molecule has 2 aromatic carbocycles. The molecule has 0 saturated heterocycles. The van der Waals surface area contributed by atoms with E-state index < -0.39 is 5.91 Å². The number of nitrogen functional groups attached to an aromatic ring is 1. The summed E-state index contributed by atoms with van der Waals surface area (Å²) < 4.78 is 5.84. The molecule has 0 bridgehead atoms. The van der Waals surface area contributed by atoms with Gasteiger partial charge in [0.1, 0.15) is 11.5 Å². The second kappa shape index (κ2) is 5.83. The molecular formula is C14H13BrN2O3. The maximum atomic E-state index is 12.1. The minimum atomic E-state index is -0.432. The number of phenolic OH excluding ortho intramolecular Hbond substituents is 1. The number of nitrogens with two attached hydrogens (primary N) is 1. The molecule has 1 amide bonds. The Hall–Kier alpha value is -2.21. The van der Waals surface area contributed by atoms with Gasteiger partial charge in [0.05, 0.1) is 18.4 Å². The minimum Gasteiger partial charge on any atom is -0.507 e. The van der Waals surface area contributed by atoms with E-state index in [2.05, 4.69) is 21.2 Å². The molecule has 0 unspecified atom stereocenters. The van der Waals surface area contributed by atoms with Crippen molar-refractivity contribution >= 4 is 33.2 Å². The highest BCUT2D eigenvalue weighted by Gasteiger charge is 2.13. The molecule has 0 radical (unpaired) electrons. The molecule has 104 valence electrons. The molecule has 0 atom stereocenters. The van der Waals surface area contributed by atoms with Crippen LogP contribution < -0.4 is 15.8 Å². The van der Waals surface area contributed by atoms with Crippen molar-refractivity contribution in [3.63, 3.8) is 0 Å². The number of amides is 1. The summed E-state index contributed by atoms with van der Waals surface area (Å²) in [5, 5.41) is 12.4. The lowest BCUT2D eigenvalue weighted by atomic mass is 10.1. The Morgan fingerprint density at radius 2 is 2.05 bits per heavy atom. The van der Waals surface area contributed by atoms with E-state index in [1.807, 2.05) is 0 Å². The number of ether oxygens (including phenoxy) is 1. The van der Waals surface area contributed by atoms with Gasteiger partial charge >= 0.3 is 0 Å². The quantitative estimate of drug-likeness (QED) is 0.752. The van der Waals surface area contributed by atoms with Crippen molar-refractivity contribution in [2.45, 2.75) is 0 Å². The molecule has 0 aromatic heterocycles. The van der Waals surface area contributed by atoms with E-state index in [4.69, 9.17) is 10.5 Å². The first-order valence-electron chi connectivity index (χ1n) is 5.74. The molecular weight excluding hydrogens is 324 g/mol. The first-order valence-corrected chi connectivity index (χ1v) is 6.54. The number of anilines is 2. The third kappa shape index (κ3) is 3.03. The summed E-state index contributed by atoms with van der Waals surface area (Å²) in [7, 11) is 1.49. The number of carbonyl (C=O) groups excluding carboxylic acids is 1. The molecule has 5 nitrogen and oxygen atoms in total. The molecule has 4 N–H and O–H groups in total. The smallest absolute Gasteiger partial charge is 0.259 e. The van der Waals surface area contributed by atoms with Gasteiger partial charge in [-0.25, -0.2) is 0 Å². The maximum Gasteiger partial charge on any atom is 0.259 e. The molecule has 0 fully saturated rings. The summed E-state index contributed by atoms with van der Waals surface area (Å²) in [4.78, 5) is 12.1. The van der Waals surface area contributed by atoms with Crippen molar-refractivity contribution in [1.82, 2.24) is 0 Å². The first kappa shape index (κ1) is 14.2. The summed E-state index contributed by atoms with van der Waals surface area (Å²) in [5.74, 6) is -0.0840. The third-order valence-corrected chi connectivity index (χ3v) is 3.17. The van der Waals surface area contributed by atoms with Crippen LogP contribution >= 0.6 is 15.9 Å². The van der Waals surface area contributed by atoms with Crippen LogP contribution in [0.15, 0.2) is 40.9 Å². The molecule has 2 rings (SSSR count). The van der Waals surface area contributed by atoms with Gasteiger partial charge in [-0.05, 0) is 30.3 Å². The summed E-state index contributed by atoms with van der Waals surface area (Å²) in [6.07, 6.45) is 0. The number of methoxy groups -OCH3 is 1. The van der Waals surface area contributed by atoms with E-state index in [-0.39, 0.29) is 11.3 Å². The zero-order chi connectivity index (χ0) is 14.7. The average molecular weight is 337 g/mol. The second-order valence-electron chi connectivity index (χ2n) is 4.08. The highest BCUT2D eigenvalue weighted by atomic mass is 79.9. The van der Waals surface area contributed by atoms with Crippen LogP contribution in [0, 0.1) is 0 Å². The zero-order valence-corrected chi connectivity index (χ0v) is 12.3. The van der Waals surface area contributed by atoms with Crippen molar-refractivity contribution in [3.8, 4) is 11.5 Å². The molecule has 0 saturated carbocycles. The lowest BCUT2D eigenvalue weighted by Crippen LogP contribution is -2.13. The monoisotopic (exact) mass is 336 g/mol. The van der Waals surface area contributed by atoms with Crippen LogP contribution in [0.2, 0.25) is 0 Å². The van der Waals surface area contributed by atoms with E-state index in [0.29, 0.717) is 21.6 Å². The number of carbonyl (C=O) groups is 1. The molecule has 20 heavy (non-hydrogen) atoms. The van der Waals surface area contributed by atoms with E-state index >= 15 is 0 Å². The Kier molecular flexibility index (Phi) is 4.14. The maximum absolute atomic E-state index is 12.1. The van der Waals surface area contributed by atoms with Crippen molar-refractivity contribution in [1.29, 1.82) is 0 Å². The highest BCUT2D eigenvalue weighted by molar-refractivity contribution is 9.10. The summed E-state index contributed by atoms with van der Waals surface area (Å²) >= 11 is 3.22. The number of aromatic hydroxyl groups is 1.